The molecule has 2 saturated heterocycles. The Labute approximate surface area is 137 Å². The highest BCUT2D eigenvalue weighted by Gasteiger charge is 2.46. The summed E-state index contributed by atoms with van der Waals surface area (Å²) in [5, 5.41) is 6.69. The van der Waals surface area contributed by atoms with Crippen LogP contribution in [0.5, 0.6) is 0 Å². The van der Waals surface area contributed by atoms with Crippen molar-refractivity contribution in [2.45, 2.75) is 51.1 Å². The van der Waals surface area contributed by atoms with Gasteiger partial charge in [0.1, 0.15) is 0 Å². The first-order valence-electron chi connectivity index (χ1n) is 7.97. The van der Waals surface area contributed by atoms with Gasteiger partial charge in [0, 0.05) is 19.5 Å². The van der Waals surface area contributed by atoms with Crippen LogP contribution in [0.3, 0.4) is 0 Å². The molecular weight excluding hydrogens is 322 g/mol. The van der Waals surface area contributed by atoms with Crippen LogP contribution >= 0.6 is 12.2 Å². The lowest BCUT2D eigenvalue weighted by molar-refractivity contribution is -0.120. The zero-order chi connectivity index (χ0) is 16.2. The molecule has 2 N–H and O–H groups in total. The van der Waals surface area contributed by atoms with Crippen LogP contribution in [-0.2, 0) is 14.6 Å². The number of nitrogens with zero attached hydrogens (tertiary/aromatic N) is 1. The molecule has 126 valence electrons. The van der Waals surface area contributed by atoms with Crippen molar-refractivity contribution < 1.29 is 13.2 Å². The van der Waals surface area contributed by atoms with Crippen LogP contribution in [-0.4, -0.2) is 61.0 Å². The highest BCUT2D eigenvalue weighted by atomic mass is 32.2. The Kier molecular flexibility index (Phi) is 6.02. The van der Waals surface area contributed by atoms with Gasteiger partial charge in [0.2, 0.25) is 5.91 Å². The Morgan fingerprint density at radius 2 is 2.05 bits per heavy atom. The van der Waals surface area contributed by atoms with Gasteiger partial charge in [-0.05, 0) is 25.1 Å². The van der Waals surface area contributed by atoms with Crippen LogP contribution in [0.15, 0.2) is 0 Å². The third-order valence-electron chi connectivity index (χ3n) is 4.26. The maximum Gasteiger partial charge on any atom is 0.219 e. The highest BCUT2D eigenvalue weighted by molar-refractivity contribution is 7.91. The first-order chi connectivity index (χ1) is 10.4. The number of rotatable bonds is 8. The van der Waals surface area contributed by atoms with Gasteiger partial charge in [0.15, 0.2) is 14.9 Å². The number of carbonyl (C=O) groups excluding carboxylic acids is 1. The maximum absolute atomic E-state index is 11.7. The van der Waals surface area contributed by atoms with Crippen molar-refractivity contribution in [1.29, 1.82) is 0 Å². The molecule has 0 bridgehead atoms. The van der Waals surface area contributed by atoms with Crippen molar-refractivity contribution in [3.63, 3.8) is 0 Å². The Morgan fingerprint density at radius 1 is 1.32 bits per heavy atom. The van der Waals surface area contributed by atoms with Crippen molar-refractivity contribution in [3.8, 4) is 0 Å². The van der Waals surface area contributed by atoms with Crippen LogP contribution in [0.1, 0.15) is 39.0 Å². The number of fused-ring (bicyclic) bond motifs is 1. The predicted molar refractivity (Wildman–Crippen MR) is 90.4 cm³/mol. The molecule has 2 rings (SSSR count). The first kappa shape index (κ1) is 17.5. The SMILES string of the molecule is CCC(=O)NCCCCCCN1C(=S)N[C@@H]2CS(=O)(=O)C[C@H]21. The van der Waals surface area contributed by atoms with Crippen LogP contribution in [0.2, 0.25) is 0 Å². The molecule has 2 atom stereocenters. The smallest absolute Gasteiger partial charge is 0.219 e. The highest BCUT2D eigenvalue weighted by Crippen LogP contribution is 2.24. The molecule has 0 aromatic heterocycles. The molecule has 0 aliphatic carbocycles. The van der Waals surface area contributed by atoms with Crippen LogP contribution < -0.4 is 10.6 Å². The van der Waals surface area contributed by atoms with Gasteiger partial charge in [-0.25, -0.2) is 8.42 Å². The van der Waals surface area contributed by atoms with E-state index in [1.54, 1.807) is 0 Å². The summed E-state index contributed by atoms with van der Waals surface area (Å²) in [6.45, 7) is 3.39. The van der Waals surface area contributed by atoms with Crippen molar-refractivity contribution >= 4 is 33.1 Å². The second-order valence-corrected chi connectivity index (χ2v) is 8.55. The van der Waals surface area contributed by atoms with Gasteiger partial charge in [-0.1, -0.05) is 19.8 Å². The first-order valence-corrected chi connectivity index (χ1v) is 10.2. The Hall–Kier alpha value is -0.890. The third kappa shape index (κ3) is 4.55. The molecule has 0 aromatic carbocycles. The van der Waals surface area contributed by atoms with Crippen molar-refractivity contribution in [3.05, 3.63) is 0 Å². The van der Waals surface area contributed by atoms with Crippen LogP contribution in [0.4, 0.5) is 0 Å². The zero-order valence-corrected chi connectivity index (χ0v) is 14.6. The fraction of sp³-hybridized carbons (Fsp3) is 0.857. The topological polar surface area (TPSA) is 78.5 Å². The second-order valence-electron chi connectivity index (χ2n) is 6.01. The fourth-order valence-corrected chi connectivity index (χ4v) is 5.35. The van der Waals surface area contributed by atoms with E-state index < -0.39 is 9.84 Å². The summed E-state index contributed by atoms with van der Waals surface area (Å²) in [6, 6.07) is -0.0110. The van der Waals surface area contributed by atoms with Crippen LogP contribution in [0.25, 0.3) is 0 Å². The quantitative estimate of drug-likeness (QED) is 0.490. The van der Waals surface area contributed by atoms with E-state index in [-0.39, 0.29) is 29.5 Å². The molecule has 0 saturated carbocycles. The number of hydrogen-bond donors (Lipinski definition) is 2. The van der Waals surface area contributed by atoms with E-state index in [2.05, 4.69) is 10.6 Å². The molecule has 2 heterocycles. The predicted octanol–water partition coefficient (Wildman–Crippen LogP) is 0.429. The number of nitrogens with one attached hydrogen (secondary N) is 2. The van der Waals surface area contributed by atoms with E-state index in [1.165, 1.54) is 0 Å². The Bertz CT molecular complexity index is 521. The van der Waals surface area contributed by atoms with Crippen LogP contribution in [0, 0.1) is 0 Å². The lowest BCUT2D eigenvalue weighted by atomic mass is 10.1. The molecule has 0 spiro atoms. The molecule has 1 amide bonds. The van der Waals surface area contributed by atoms with Gasteiger partial charge in [-0.15, -0.1) is 0 Å². The Balaban J connectivity index is 1.63. The minimum absolute atomic E-state index is 0.0151. The lowest BCUT2D eigenvalue weighted by Crippen LogP contribution is -2.37. The van der Waals surface area contributed by atoms with Crippen molar-refractivity contribution in [1.82, 2.24) is 15.5 Å². The average Bonchev–Trinajstić information content (AvgIpc) is 2.89. The van der Waals surface area contributed by atoms with Crippen molar-refractivity contribution in [2.75, 3.05) is 24.6 Å². The monoisotopic (exact) mass is 347 g/mol. The molecule has 2 aliphatic rings. The molecule has 0 unspecified atom stereocenters. The standard InChI is InChI=1S/C14H25N3O3S2/c1-2-13(18)15-7-5-3-4-6-8-17-12-10-22(19,20)9-11(12)16-14(17)21/h11-12H,2-10H2,1H3,(H,15,18)(H,16,21)/t11-,12-/m1/s1. The normalized spacial score (nSPS) is 25.9. The van der Waals surface area contributed by atoms with E-state index in [0.717, 1.165) is 38.8 Å². The molecule has 2 fully saturated rings. The summed E-state index contributed by atoms with van der Waals surface area (Å²) in [7, 11) is -2.92. The van der Waals surface area contributed by atoms with Gasteiger partial charge >= 0.3 is 0 Å². The van der Waals surface area contributed by atoms with Crippen molar-refractivity contribution in [2.24, 2.45) is 0 Å². The lowest BCUT2D eigenvalue weighted by Gasteiger charge is -2.23. The molecule has 22 heavy (non-hydrogen) atoms. The molecule has 0 radical (unpaired) electrons. The number of carbonyl (C=O) groups is 1. The molecule has 6 nitrogen and oxygen atoms in total. The van der Waals surface area contributed by atoms with Gasteiger partial charge in [0.05, 0.1) is 23.6 Å². The largest absolute Gasteiger partial charge is 0.357 e. The number of thiocarbonyl (C=S) groups is 1. The van der Waals surface area contributed by atoms with E-state index in [1.807, 2.05) is 11.8 Å². The molecule has 0 aromatic rings. The molecule has 2 aliphatic heterocycles. The average molecular weight is 348 g/mol. The maximum atomic E-state index is 11.7. The number of hydrogen-bond acceptors (Lipinski definition) is 4. The minimum atomic E-state index is -2.92. The van der Waals surface area contributed by atoms with E-state index in [4.69, 9.17) is 12.2 Å². The molecular formula is C14H25N3O3S2. The second kappa shape index (κ2) is 7.59. The number of amides is 1. The summed E-state index contributed by atoms with van der Waals surface area (Å²) < 4.78 is 23.4. The summed E-state index contributed by atoms with van der Waals surface area (Å²) in [5.41, 5.74) is 0. The molecule has 8 heteroatoms. The zero-order valence-electron chi connectivity index (χ0n) is 13.0. The summed E-state index contributed by atoms with van der Waals surface area (Å²) in [6.07, 6.45) is 4.63. The summed E-state index contributed by atoms with van der Waals surface area (Å²) >= 11 is 5.30. The summed E-state index contributed by atoms with van der Waals surface area (Å²) in [4.78, 5) is 13.1. The summed E-state index contributed by atoms with van der Waals surface area (Å²) in [5.74, 6) is 0.515. The van der Waals surface area contributed by atoms with Gasteiger partial charge in [-0.2, -0.15) is 0 Å². The number of sulfone groups is 1. The van der Waals surface area contributed by atoms with E-state index in [9.17, 15) is 13.2 Å². The van der Waals surface area contributed by atoms with E-state index in [0.29, 0.717) is 11.5 Å². The number of unbranched alkanes of at least 4 members (excludes halogenated alkanes) is 3. The third-order valence-corrected chi connectivity index (χ3v) is 6.33. The van der Waals surface area contributed by atoms with Gasteiger partial charge in [0.25, 0.3) is 0 Å². The van der Waals surface area contributed by atoms with Gasteiger partial charge < -0.3 is 15.5 Å². The Morgan fingerprint density at radius 3 is 2.77 bits per heavy atom. The van der Waals surface area contributed by atoms with E-state index >= 15 is 0 Å². The fourth-order valence-electron chi connectivity index (χ4n) is 3.05. The van der Waals surface area contributed by atoms with Gasteiger partial charge in [-0.3, -0.25) is 4.79 Å². The minimum Gasteiger partial charge on any atom is -0.357 e.